The quantitative estimate of drug-likeness (QED) is 0.419. The molecule has 1 amide bonds. The Kier molecular flexibility index (Phi) is 15.1. The van der Waals surface area contributed by atoms with Gasteiger partial charge in [-0.1, -0.05) is 12.8 Å². The number of nitrogens with one attached hydrogen (secondary N) is 1. The number of ether oxygens (including phenoxy) is 3. The van der Waals surface area contributed by atoms with Gasteiger partial charge < -0.3 is 19.5 Å². The standard InChI is InChI=1S/C13H26ClNO4/c1-2-19-13(16)15-8-10-18-12-11-17-9-6-4-3-5-7-14/h2-12H2,1H3,(H,15,16). The Balaban J connectivity index is 3.01. The number of carbonyl (C=O) groups is 1. The van der Waals surface area contributed by atoms with Crippen molar-refractivity contribution in [3.05, 3.63) is 0 Å². The summed E-state index contributed by atoms with van der Waals surface area (Å²) in [5, 5.41) is 2.58. The zero-order valence-electron chi connectivity index (χ0n) is 11.8. The molecule has 0 aliphatic rings. The number of hydrogen-bond donors (Lipinski definition) is 1. The number of unbranched alkanes of at least 4 members (excludes halogenated alkanes) is 3. The van der Waals surface area contributed by atoms with Crippen LogP contribution in [0.2, 0.25) is 0 Å². The number of rotatable bonds is 13. The van der Waals surface area contributed by atoms with E-state index in [0.717, 1.165) is 31.7 Å². The van der Waals surface area contributed by atoms with E-state index in [0.29, 0.717) is 33.0 Å². The lowest BCUT2D eigenvalue weighted by atomic mass is 10.2. The van der Waals surface area contributed by atoms with Crippen LogP contribution >= 0.6 is 11.6 Å². The Hall–Kier alpha value is -0.520. The molecular formula is C13H26ClNO4. The predicted octanol–water partition coefficient (Wildman–Crippen LogP) is 2.56. The van der Waals surface area contributed by atoms with Gasteiger partial charge in [0.2, 0.25) is 0 Å². The summed E-state index contributed by atoms with van der Waals surface area (Å²) in [5.74, 6) is 0.745. The van der Waals surface area contributed by atoms with E-state index >= 15 is 0 Å². The van der Waals surface area contributed by atoms with Crippen molar-refractivity contribution >= 4 is 17.7 Å². The lowest BCUT2D eigenvalue weighted by molar-refractivity contribution is 0.0469. The van der Waals surface area contributed by atoms with Crippen molar-refractivity contribution in [2.45, 2.75) is 32.6 Å². The van der Waals surface area contributed by atoms with Crippen LogP contribution in [0.1, 0.15) is 32.6 Å². The number of alkyl halides is 1. The molecule has 114 valence electrons. The van der Waals surface area contributed by atoms with Crippen LogP contribution in [0.25, 0.3) is 0 Å². The largest absolute Gasteiger partial charge is 0.450 e. The van der Waals surface area contributed by atoms with E-state index in [2.05, 4.69) is 5.32 Å². The fraction of sp³-hybridized carbons (Fsp3) is 0.923. The monoisotopic (exact) mass is 295 g/mol. The molecular weight excluding hydrogens is 270 g/mol. The third-order valence-corrected chi connectivity index (χ3v) is 2.60. The Labute approximate surface area is 120 Å². The lowest BCUT2D eigenvalue weighted by Gasteiger charge is -2.07. The third kappa shape index (κ3) is 15.4. The molecule has 0 rings (SSSR count). The second-order valence-corrected chi connectivity index (χ2v) is 4.35. The topological polar surface area (TPSA) is 56.8 Å². The van der Waals surface area contributed by atoms with Gasteiger partial charge in [-0.3, -0.25) is 0 Å². The Morgan fingerprint density at radius 2 is 1.68 bits per heavy atom. The van der Waals surface area contributed by atoms with Crippen LogP contribution in [0, 0.1) is 0 Å². The van der Waals surface area contributed by atoms with Crippen LogP contribution in [0.4, 0.5) is 4.79 Å². The molecule has 0 atom stereocenters. The SMILES string of the molecule is CCOC(=O)NCCOCCOCCCCCCCl. The van der Waals surface area contributed by atoms with E-state index in [1.165, 1.54) is 6.42 Å². The van der Waals surface area contributed by atoms with Gasteiger partial charge in [-0.2, -0.15) is 0 Å². The highest BCUT2D eigenvalue weighted by molar-refractivity contribution is 6.17. The summed E-state index contributed by atoms with van der Waals surface area (Å²) >= 11 is 5.58. The summed E-state index contributed by atoms with van der Waals surface area (Å²) in [7, 11) is 0. The minimum atomic E-state index is -0.403. The van der Waals surface area contributed by atoms with Crippen molar-refractivity contribution in [3.63, 3.8) is 0 Å². The molecule has 6 heteroatoms. The average Bonchev–Trinajstić information content (AvgIpc) is 2.40. The van der Waals surface area contributed by atoms with Gasteiger partial charge in [-0.25, -0.2) is 4.79 Å². The van der Waals surface area contributed by atoms with Crippen LogP contribution in [0.3, 0.4) is 0 Å². The fourth-order valence-corrected chi connectivity index (χ4v) is 1.57. The van der Waals surface area contributed by atoms with Gasteiger partial charge in [-0.15, -0.1) is 11.6 Å². The highest BCUT2D eigenvalue weighted by Gasteiger charge is 1.98. The molecule has 0 saturated heterocycles. The molecule has 0 radical (unpaired) electrons. The van der Waals surface area contributed by atoms with E-state index < -0.39 is 6.09 Å². The van der Waals surface area contributed by atoms with Crippen LogP contribution in [-0.4, -0.2) is 51.6 Å². The van der Waals surface area contributed by atoms with Crippen LogP contribution < -0.4 is 5.32 Å². The van der Waals surface area contributed by atoms with Crippen molar-refractivity contribution < 1.29 is 19.0 Å². The maximum Gasteiger partial charge on any atom is 0.407 e. The highest BCUT2D eigenvalue weighted by Crippen LogP contribution is 2.00. The minimum absolute atomic E-state index is 0.380. The summed E-state index contributed by atoms with van der Waals surface area (Å²) in [6.07, 6.45) is 4.08. The normalized spacial score (nSPS) is 10.4. The van der Waals surface area contributed by atoms with E-state index in [1.54, 1.807) is 6.92 Å². The molecule has 19 heavy (non-hydrogen) atoms. The van der Waals surface area contributed by atoms with Gasteiger partial charge in [0.1, 0.15) is 0 Å². The van der Waals surface area contributed by atoms with E-state index in [9.17, 15) is 4.79 Å². The van der Waals surface area contributed by atoms with E-state index in [1.807, 2.05) is 0 Å². The Morgan fingerprint density at radius 3 is 2.37 bits per heavy atom. The summed E-state index contributed by atoms with van der Waals surface area (Å²) < 4.78 is 15.4. The van der Waals surface area contributed by atoms with Gasteiger partial charge in [0.25, 0.3) is 0 Å². The number of alkyl carbamates (subject to hydrolysis) is 1. The third-order valence-electron chi connectivity index (χ3n) is 2.34. The molecule has 0 aromatic rings. The fourth-order valence-electron chi connectivity index (χ4n) is 1.38. The molecule has 0 saturated carbocycles. The van der Waals surface area contributed by atoms with Crippen LogP contribution in [0.15, 0.2) is 0 Å². The maximum atomic E-state index is 10.9. The second kappa shape index (κ2) is 15.5. The molecule has 0 aromatic heterocycles. The van der Waals surface area contributed by atoms with Gasteiger partial charge in [0, 0.05) is 19.0 Å². The lowest BCUT2D eigenvalue weighted by Crippen LogP contribution is -2.28. The van der Waals surface area contributed by atoms with E-state index in [4.69, 9.17) is 25.8 Å². The number of hydrogen-bond acceptors (Lipinski definition) is 4. The molecule has 0 fully saturated rings. The van der Waals surface area contributed by atoms with Gasteiger partial charge in [0.15, 0.2) is 0 Å². The first kappa shape index (κ1) is 18.5. The second-order valence-electron chi connectivity index (χ2n) is 3.98. The summed E-state index contributed by atoms with van der Waals surface area (Å²) in [6, 6.07) is 0. The molecule has 0 aromatic carbocycles. The molecule has 0 aliphatic carbocycles. The van der Waals surface area contributed by atoms with Crippen LogP contribution in [-0.2, 0) is 14.2 Å². The Morgan fingerprint density at radius 1 is 1.00 bits per heavy atom. The Bertz CT molecular complexity index is 205. The minimum Gasteiger partial charge on any atom is -0.450 e. The van der Waals surface area contributed by atoms with Gasteiger partial charge in [-0.05, 0) is 19.8 Å². The average molecular weight is 296 g/mol. The zero-order chi connectivity index (χ0) is 14.2. The number of amides is 1. The molecule has 0 heterocycles. The van der Waals surface area contributed by atoms with Gasteiger partial charge in [0.05, 0.1) is 26.4 Å². The summed E-state index contributed by atoms with van der Waals surface area (Å²) in [6.45, 7) is 4.98. The van der Waals surface area contributed by atoms with Crippen molar-refractivity contribution in [1.29, 1.82) is 0 Å². The van der Waals surface area contributed by atoms with Crippen molar-refractivity contribution in [3.8, 4) is 0 Å². The van der Waals surface area contributed by atoms with Crippen molar-refractivity contribution in [1.82, 2.24) is 5.32 Å². The van der Waals surface area contributed by atoms with E-state index in [-0.39, 0.29) is 0 Å². The molecule has 0 aliphatic heterocycles. The zero-order valence-corrected chi connectivity index (χ0v) is 12.5. The summed E-state index contributed by atoms with van der Waals surface area (Å²) in [4.78, 5) is 10.9. The van der Waals surface area contributed by atoms with Crippen LogP contribution in [0.5, 0.6) is 0 Å². The first-order valence-electron chi connectivity index (χ1n) is 6.93. The molecule has 5 nitrogen and oxygen atoms in total. The number of carbonyl (C=O) groups excluding carboxylic acids is 1. The molecule has 0 spiro atoms. The van der Waals surface area contributed by atoms with Crippen molar-refractivity contribution in [2.24, 2.45) is 0 Å². The molecule has 0 bridgehead atoms. The van der Waals surface area contributed by atoms with Gasteiger partial charge >= 0.3 is 6.09 Å². The maximum absolute atomic E-state index is 10.9. The number of halogens is 1. The van der Waals surface area contributed by atoms with Crippen molar-refractivity contribution in [2.75, 3.05) is 45.5 Å². The highest BCUT2D eigenvalue weighted by atomic mass is 35.5. The molecule has 1 N–H and O–H groups in total. The predicted molar refractivity (Wildman–Crippen MR) is 75.9 cm³/mol. The first-order chi connectivity index (χ1) is 9.31. The smallest absolute Gasteiger partial charge is 0.407 e. The molecule has 0 unspecified atom stereocenters. The summed E-state index contributed by atoms with van der Waals surface area (Å²) in [5.41, 5.74) is 0. The first-order valence-corrected chi connectivity index (χ1v) is 7.46.